The van der Waals surface area contributed by atoms with E-state index in [1.165, 1.54) is 24.0 Å². The lowest BCUT2D eigenvalue weighted by molar-refractivity contribution is 0.0767. The minimum absolute atomic E-state index is 0.186. The predicted octanol–water partition coefficient (Wildman–Crippen LogP) is 6.30. The fourth-order valence-corrected chi connectivity index (χ4v) is 4.71. The number of carboxylic acid groups (broad SMARTS) is 1. The molecule has 2 aliphatic rings. The quantitative estimate of drug-likeness (QED) is 0.381. The second-order valence-corrected chi connectivity index (χ2v) is 9.88. The third kappa shape index (κ3) is 5.94. The molecular formula is C27H40N2O3. The van der Waals surface area contributed by atoms with Crippen LogP contribution in [-0.4, -0.2) is 53.3 Å². The minimum atomic E-state index is -0.847. The SMILES string of the molecule is CCCCCc1cc2c(c(C3CN(C)CCN3C(=O)O)c1)C=CC(C)(CCC=C(C)C)O2. The van der Waals surface area contributed by atoms with Crippen molar-refractivity contribution in [2.45, 2.75) is 77.9 Å². The second-order valence-electron chi connectivity index (χ2n) is 9.88. The topological polar surface area (TPSA) is 53.0 Å². The molecule has 1 aromatic carbocycles. The van der Waals surface area contributed by atoms with Crippen LogP contribution < -0.4 is 4.74 Å². The third-order valence-electron chi connectivity index (χ3n) is 6.63. The van der Waals surface area contributed by atoms with Gasteiger partial charge in [-0.05, 0) is 76.8 Å². The summed E-state index contributed by atoms with van der Waals surface area (Å²) in [5.41, 5.74) is 4.33. The second kappa shape index (κ2) is 10.6. The van der Waals surface area contributed by atoms with Gasteiger partial charge in [-0.2, -0.15) is 0 Å². The van der Waals surface area contributed by atoms with Gasteiger partial charge in [0.25, 0.3) is 0 Å². The van der Waals surface area contributed by atoms with Gasteiger partial charge < -0.3 is 14.7 Å². The van der Waals surface area contributed by atoms with Crippen LogP contribution in [0.2, 0.25) is 0 Å². The third-order valence-corrected chi connectivity index (χ3v) is 6.63. The van der Waals surface area contributed by atoms with Gasteiger partial charge in [0.05, 0.1) is 6.04 Å². The largest absolute Gasteiger partial charge is 0.483 e. The van der Waals surface area contributed by atoms with Gasteiger partial charge in [-0.25, -0.2) is 4.79 Å². The van der Waals surface area contributed by atoms with Crippen molar-refractivity contribution in [3.8, 4) is 5.75 Å². The molecule has 0 radical (unpaired) electrons. The molecule has 5 nitrogen and oxygen atoms in total. The average Bonchev–Trinajstić information content (AvgIpc) is 2.72. The first-order valence-electron chi connectivity index (χ1n) is 12.1. The zero-order valence-electron chi connectivity index (χ0n) is 20.5. The lowest BCUT2D eigenvalue weighted by Gasteiger charge is -2.40. The highest BCUT2D eigenvalue weighted by molar-refractivity contribution is 5.70. The molecule has 176 valence electrons. The van der Waals surface area contributed by atoms with Crippen molar-refractivity contribution < 1.29 is 14.6 Å². The Bertz CT molecular complexity index is 872. The van der Waals surface area contributed by atoms with E-state index in [0.29, 0.717) is 13.1 Å². The van der Waals surface area contributed by atoms with Crippen LogP contribution in [0.25, 0.3) is 6.08 Å². The lowest BCUT2D eigenvalue weighted by atomic mass is 9.88. The van der Waals surface area contributed by atoms with Crippen LogP contribution in [0.3, 0.4) is 0 Å². The van der Waals surface area contributed by atoms with Crippen molar-refractivity contribution in [3.63, 3.8) is 0 Å². The van der Waals surface area contributed by atoms with E-state index in [4.69, 9.17) is 4.74 Å². The fourth-order valence-electron chi connectivity index (χ4n) is 4.71. The molecule has 0 aromatic heterocycles. The number of unbranched alkanes of at least 4 members (excludes halogenated alkanes) is 2. The lowest BCUT2D eigenvalue weighted by Crippen LogP contribution is -2.49. The van der Waals surface area contributed by atoms with E-state index in [-0.39, 0.29) is 11.6 Å². The Balaban J connectivity index is 1.98. The van der Waals surface area contributed by atoms with Gasteiger partial charge in [0.1, 0.15) is 11.4 Å². The summed E-state index contributed by atoms with van der Waals surface area (Å²) >= 11 is 0. The maximum Gasteiger partial charge on any atom is 0.407 e. The van der Waals surface area contributed by atoms with Crippen LogP contribution in [0.15, 0.2) is 29.9 Å². The Kier molecular flexibility index (Phi) is 8.05. The molecule has 1 fully saturated rings. The maximum atomic E-state index is 12.0. The number of nitrogens with zero attached hydrogens (tertiary/aromatic N) is 2. The molecule has 2 atom stereocenters. The van der Waals surface area contributed by atoms with Crippen LogP contribution in [0, 0.1) is 0 Å². The first kappa shape index (κ1) is 24.4. The van der Waals surface area contributed by atoms with E-state index in [1.807, 2.05) is 0 Å². The molecule has 2 unspecified atom stereocenters. The van der Waals surface area contributed by atoms with E-state index in [0.717, 1.165) is 49.1 Å². The summed E-state index contributed by atoms with van der Waals surface area (Å²) in [7, 11) is 2.07. The van der Waals surface area contributed by atoms with Crippen molar-refractivity contribution >= 4 is 12.2 Å². The minimum Gasteiger partial charge on any atom is -0.483 e. The Morgan fingerprint density at radius 1 is 1.28 bits per heavy atom. The van der Waals surface area contributed by atoms with Crippen LogP contribution >= 0.6 is 0 Å². The summed E-state index contributed by atoms with van der Waals surface area (Å²) < 4.78 is 6.61. The number of hydrogen-bond donors (Lipinski definition) is 1. The fraction of sp³-hybridized carbons (Fsp3) is 0.593. The average molecular weight is 441 g/mol. The van der Waals surface area contributed by atoms with Crippen molar-refractivity contribution in [3.05, 3.63) is 46.5 Å². The number of rotatable bonds is 8. The van der Waals surface area contributed by atoms with Crippen molar-refractivity contribution in [1.29, 1.82) is 0 Å². The molecule has 1 saturated heterocycles. The number of allylic oxidation sites excluding steroid dienone is 2. The molecule has 5 heteroatoms. The Morgan fingerprint density at radius 2 is 2.06 bits per heavy atom. The molecule has 0 spiro atoms. The normalized spacial score (nSPS) is 22.9. The smallest absolute Gasteiger partial charge is 0.407 e. The number of fused-ring (bicyclic) bond motifs is 1. The maximum absolute atomic E-state index is 12.0. The number of amides is 1. The predicted molar refractivity (Wildman–Crippen MR) is 131 cm³/mol. The Labute approximate surface area is 193 Å². The zero-order valence-corrected chi connectivity index (χ0v) is 20.5. The van der Waals surface area contributed by atoms with Gasteiger partial charge in [0, 0.05) is 25.2 Å². The summed E-state index contributed by atoms with van der Waals surface area (Å²) in [6.45, 7) is 10.6. The molecule has 0 saturated carbocycles. The van der Waals surface area contributed by atoms with E-state index < -0.39 is 6.09 Å². The molecule has 0 bridgehead atoms. The van der Waals surface area contributed by atoms with Crippen LogP contribution in [-0.2, 0) is 6.42 Å². The highest BCUT2D eigenvalue weighted by atomic mass is 16.5. The number of carbonyl (C=O) groups is 1. The molecule has 3 rings (SSSR count). The van der Waals surface area contributed by atoms with E-state index in [1.54, 1.807) is 4.90 Å². The first-order chi connectivity index (χ1) is 15.2. The number of benzene rings is 1. The zero-order chi connectivity index (χ0) is 23.3. The number of ether oxygens (including phenoxy) is 1. The van der Waals surface area contributed by atoms with Gasteiger partial charge in [0.2, 0.25) is 0 Å². The van der Waals surface area contributed by atoms with Crippen LogP contribution in [0.5, 0.6) is 5.75 Å². The number of hydrogen-bond acceptors (Lipinski definition) is 3. The van der Waals surface area contributed by atoms with Gasteiger partial charge in [0.15, 0.2) is 0 Å². The summed E-state index contributed by atoms with van der Waals surface area (Å²) in [5, 5.41) is 9.88. The highest BCUT2D eigenvalue weighted by Crippen LogP contribution is 2.40. The molecule has 2 heterocycles. The molecule has 1 N–H and O–H groups in total. The van der Waals surface area contributed by atoms with E-state index >= 15 is 0 Å². The molecular weight excluding hydrogens is 400 g/mol. The number of likely N-dealkylation sites (N-methyl/N-ethyl adjacent to an activating group) is 1. The first-order valence-corrected chi connectivity index (χ1v) is 12.1. The van der Waals surface area contributed by atoms with Gasteiger partial charge in [-0.3, -0.25) is 4.90 Å². The molecule has 2 aliphatic heterocycles. The van der Waals surface area contributed by atoms with Gasteiger partial charge in [-0.15, -0.1) is 0 Å². The monoisotopic (exact) mass is 440 g/mol. The molecule has 0 aliphatic carbocycles. The van der Waals surface area contributed by atoms with Crippen molar-refractivity contribution in [2.75, 3.05) is 26.7 Å². The van der Waals surface area contributed by atoms with Crippen LogP contribution in [0.4, 0.5) is 4.79 Å². The van der Waals surface area contributed by atoms with Crippen molar-refractivity contribution in [2.24, 2.45) is 0 Å². The molecule has 1 amide bonds. The van der Waals surface area contributed by atoms with Crippen molar-refractivity contribution in [1.82, 2.24) is 9.80 Å². The summed E-state index contributed by atoms with van der Waals surface area (Å²) in [4.78, 5) is 15.9. The van der Waals surface area contributed by atoms with Gasteiger partial charge >= 0.3 is 6.09 Å². The summed E-state index contributed by atoms with van der Waals surface area (Å²) in [6.07, 6.45) is 12.1. The number of aryl methyl sites for hydroxylation is 1. The molecule has 1 aromatic rings. The van der Waals surface area contributed by atoms with Crippen LogP contribution in [0.1, 0.15) is 82.5 Å². The Hall–Kier alpha value is -2.27. The summed E-state index contributed by atoms with van der Waals surface area (Å²) in [5.74, 6) is 0.898. The summed E-state index contributed by atoms with van der Waals surface area (Å²) in [6, 6.07) is 4.23. The molecule has 32 heavy (non-hydrogen) atoms. The standard InChI is InChI=1S/C27H40N2O3/c1-6-7-8-11-21-17-23(24-19-28(5)15-16-29(24)26(30)31)22-12-14-27(4,32-25(22)18-21)13-9-10-20(2)3/h10,12,14,17-18,24H,6-9,11,13,15-16,19H2,1-5H3,(H,30,31). The van der Waals surface area contributed by atoms with Gasteiger partial charge in [-0.1, -0.05) is 43.6 Å². The van der Waals surface area contributed by atoms with E-state index in [9.17, 15) is 9.90 Å². The van der Waals surface area contributed by atoms with E-state index in [2.05, 4.69) is 70.0 Å². The Morgan fingerprint density at radius 3 is 2.75 bits per heavy atom. The number of piperazine rings is 1. The highest BCUT2D eigenvalue weighted by Gasteiger charge is 2.35.